The standard InChI is InChI=1S/C15H23N3O2/c1-20-14-7-12-9-18(10-13(12)8-14)15(19)3-2-5-17-6-4-16-11-17/h4,6,11-14H,2-3,5,7-10H2,1H3/t12-,13+,14?. The first-order valence-electron chi connectivity index (χ1n) is 7.52. The van der Waals surface area contributed by atoms with Crippen molar-refractivity contribution >= 4 is 5.91 Å². The second kappa shape index (κ2) is 5.95. The lowest BCUT2D eigenvalue weighted by Crippen LogP contribution is -2.30. The minimum Gasteiger partial charge on any atom is -0.381 e. The van der Waals surface area contributed by atoms with Crippen molar-refractivity contribution < 1.29 is 9.53 Å². The van der Waals surface area contributed by atoms with Crippen LogP contribution in [0.1, 0.15) is 25.7 Å². The average molecular weight is 277 g/mol. The molecule has 110 valence electrons. The Balaban J connectivity index is 1.41. The van der Waals surface area contributed by atoms with Crippen LogP contribution >= 0.6 is 0 Å². The summed E-state index contributed by atoms with van der Waals surface area (Å²) in [5, 5.41) is 0. The first kappa shape index (κ1) is 13.6. The zero-order chi connectivity index (χ0) is 13.9. The van der Waals surface area contributed by atoms with Crippen molar-refractivity contribution in [1.29, 1.82) is 0 Å². The number of ether oxygens (including phenoxy) is 1. The van der Waals surface area contributed by atoms with Crippen molar-refractivity contribution in [3.8, 4) is 0 Å². The monoisotopic (exact) mass is 277 g/mol. The van der Waals surface area contributed by atoms with Crippen molar-refractivity contribution in [3.63, 3.8) is 0 Å². The van der Waals surface area contributed by atoms with Gasteiger partial charge in [0.15, 0.2) is 0 Å². The van der Waals surface area contributed by atoms with Gasteiger partial charge >= 0.3 is 0 Å². The molecule has 0 N–H and O–H groups in total. The number of amides is 1. The van der Waals surface area contributed by atoms with E-state index in [0.29, 0.717) is 30.3 Å². The average Bonchev–Trinajstić information content (AvgIpc) is 3.13. The molecule has 2 fully saturated rings. The summed E-state index contributed by atoms with van der Waals surface area (Å²) in [6.45, 7) is 2.75. The zero-order valence-electron chi connectivity index (χ0n) is 12.1. The lowest BCUT2D eigenvalue weighted by molar-refractivity contribution is -0.130. The van der Waals surface area contributed by atoms with Crippen molar-refractivity contribution in [2.45, 2.75) is 38.3 Å². The van der Waals surface area contributed by atoms with Gasteiger partial charge in [0.2, 0.25) is 5.91 Å². The van der Waals surface area contributed by atoms with Crippen LogP contribution in [0.15, 0.2) is 18.7 Å². The van der Waals surface area contributed by atoms with Crippen molar-refractivity contribution in [2.24, 2.45) is 11.8 Å². The quantitative estimate of drug-likeness (QED) is 0.820. The maximum atomic E-state index is 12.2. The highest BCUT2D eigenvalue weighted by molar-refractivity contribution is 5.76. The highest BCUT2D eigenvalue weighted by atomic mass is 16.5. The van der Waals surface area contributed by atoms with Gasteiger partial charge in [0.25, 0.3) is 0 Å². The molecule has 5 nitrogen and oxygen atoms in total. The molecule has 1 aliphatic carbocycles. The van der Waals surface area contributed by atoms with Crippen LogP contribution in [0.25, 0.3) is 0 Å². The number of hydrogen-bond acceptors (Lipinski definition) is 3. The summed E-state index contributed by atoms with van der Waals surface area (Å²) < 4.78 is 7.46. The van der Waals surface area contributed by atoms with Gasteiger partial charge in [0, 0.05) is 45.6 Å². The minimum atomic E-state index is 0.313. The van der Waals surface area contributed by atoms with E-state index in [9.17, 15) is 4.79 Å². The Morgan fingerprint density at radius 1 is 1.35 bits per heavy atom. The molecule has 0 aromatic carbocycles. The van der Waals surface area contributed by atoms with E-state index in [4.69, 9.17) is 4.74 Å². The fraction of sp³-hybridized carbons (Fsp3) is 0.733. The van der Waals surface area contributed by atoms with E-state index >= 15 is 0 Å². The summed E-state index contributed by atoms with van der Waals surface area (Å²) in [6.07, 6.45) is 9.72. The third kappa shape index (κ3) is 2.87. The van der Waals surface area contributed by atoms with Gasteiger partial charge in [0.05, 0.1) is 12.4 Å². The molecule has 1 aromatic heterocycles. The van der Waals surface area contributed by atoms with E-state index in [2.05, 4.69) is 9.88 Å². The Labute approximate surface area is 119 Å². The highest BCUT2D eigenvalue weighted by Gasteiger charge is 2.42. The van der Waals surface area contributed by atoms with Gasteiger partial charge in [-0.25, -0.2) is 4.98 Å². The molecule has 1 saturated heterocycles. The van der Waals surface area contributed by atoms with E-state index < -0.39 is 0 Å². The molecule has 0 spiro atoms. The van der Waals surface area contributed by atoms with Gasteiger partial charge in [0.1, 0.15) is 0 Å². The Morgan fingerprint density at radius 2 is 2.10 bits per heavy atom. The number of carbonyl (C=O) groups excluding carboxylic acids is 1. The number of methoxy groups -OCH3 is 1. The number of nitrogens with zero attached hydrogens (tertiary/aromatic N) is 3. The fourth-order valence-corrected chi connectivity index (χ4v) is 3.63. The van der Waals surface area contributed by atoms with E-state index in [0.717, 1.165) is 38.9 Å². The molecule has 5 heteroatoms. The molecule has 1 unspecified atom stereocenters. The maximum absolute atomic E-state index is 12.2. The Morgan fingerprint density at radius 3 is 2.70 bits per heavy atom. The van der Waals surface area contributed by atoms with Crippen molar-refractivity contribution in [2.75, 3.05) is 20.2 Å². The normalized spacial score (nSPS) is 28.9. The number of likely N-dealkylation sites (tertiary alicyclic amines) is 1. The number of carbonyl (C=O) groups is 1. The van der Waals surface area contributed by atoms with Crippen molar-refractivity contribution in [3.05, 3.63) is 18.7 Å². The predicted molar refractivity (Wildman–Crippen MR) is 75.1 cm³/mol. The lowest BCUT2D eigenvalue weighted by Gasteiger charge is -2.19. The fourth-order valence-electron chi connectivity index (χ4n) is 3.63. The number of aromatic nitrogens is 2. The van der Waals surface area contributed by atoms with Crippen LogP contribution in [-0.4, -0.2) is 46.7 Å². The predicted octanol–water partition coefficient (Wildman–Crippen LogP) is 1.55. The van der Waals surface area contributed by atoms with E-state index in [1.54, 1.807) is 19.6 Å². The smallest absolute Gasteiger partial charge is 0.222 e. The maximum Gasteiger partial charge on any atom is 0.222 e. The van der Waals surface area contributed by atoms with Crippen LogP contribution in [-0.2, 0) is 16.1 Å². The summed E-state index contributed by atoms with van der Waals surface area (Å²) in [5.74, 6) is 1.64. The van der Waals surface area contributed by atoms with Gasteiger partial charge in [-0.1, -0.05) is 0 Å². The SMILES string of the molecule is COC1C[C@@H]2CN(C(=O)CCCn3ccnc3)C[C@@H]2C1. The second-order valence-corrected chi connectivity index (χ2v) is 6.05. The van der Waals surface area contributed by atoms with Gasteiger partial charge < -0.3 is 14.2 Å². The van der Waals surface area contributed by atoms with Gasteiger partial charge in [-0.3, -0.25) is 4.79 Å². The molecule has 1 aromatic rings. The molecule has 3 atom stereocenters. The van der Waals surface area contributed by atoms with E-state index in [1.807, 2.05) is 10.8 Å². The highest BCUT2D eigenvalue weighted by Crippen LogP contribution is 2.39. The molecular formula is C15H23N3O2. The molecular weight excluding hydrogens is 254 g/mol. The van der Waals surface area contributed by atoms with Crippen LogP contribution in [0.4, 0.5) is 0 Å². The minimum absolute atomic E-state index is 0.313. The van der Waals surface area contributed by atoms with Gasteiger partial charge in [-0.2, -0.15) is 0 Å². The molecule has 1 saturated carbocycles. The van der Waals surface area contributed by atoms with Crippen LogP contribution in [0.5, 0.6) is 0 Å². The summed E-state index contributed by atoms with van der Waals surface area (Å²) in [4.78, 5) is 18.3. The van der Waals surface area contributed by atoms with Crippen LogP contribution in [0.3, 0.4) is 0 Å². The molecule has 0 bridgehead atoms. The van der Waals surface area contributed by atoms with E-state index in [-0.39, 0.29) is 0 Å². The van der Waals surface area contributed by atoms with Gasteiger partial charge in [-0.05, 0) is 31.1 Å². The Kier molecular flexibility index (Phi) is 4.05. The van der Waals surface area contributed by atoms with Crippen LogP contribution in [0.2, 0.25) is 0 Å². The number of fused-ring (bicyclic) bond motifs is 1. The molecule has 20 heavy (non-hydrogen) atoms. The van der Waals surface area contributed by atoms with Crippen LogP contribution < -0.4 is 0 Å². The number of hydrogen-bond donors (Lipinski definition) is 0. The topological polar surface area (TPSA) is 47.4 Å². The third-order valence-corrected chi connectivity index (χ3v) is 4.76. The molecule has 2 heterocycles. The lowest BCUT2D eigenvalue weighted by atomic mass is 10.0. The first-order valence-corrected chi connectivity index (χ1v) is 7.52. The summed E-state index contributed by atoms with van der Waals surface area (Å²) in [5.41, 5.74) is 0. The summed E-state index contributed by atoms with van der Waals surface area (Å²) in [7, 11) is 1.80. The first-order chi connectivity index (χ1) is 9.76. The summed E-state index contributed by atoms with van der Waals surface area (Å²) >= 11 is 0. The van der Waals surface area contributed by atoms with Crippen LogP contribution in [0, 0.1) is 11.8 Å². The Bertz CT molecular complexity index is 432. The van der Waals surface area contributed by atoms with Crippen molar-refractivity contribution in [1.82, 2.24) is 14.5 Å². The summed E-state index contributed by atoms with van der Waals surface area (Å²) in [6, 6.07) is 0. The molecule has 0 radical (unpaired) electrons. The molecule has 1 amide bonds. The molecule has 3 rings (SSSR count). The Hall–Kier alpha value is -1.36. The number of imidazole rings is 1. The zero-order valence-corrected chi connectivity index (χ0v) is 12.1. The third-order valence-electron chi connectivity index (χ3n) is 4.76. The largest absolute Gasteiger partial charge is 0.381 e. The number of aryl methyl sites for hydroxylation is 1. The molecule has 2 aliphatic rings. The second-order valence-electron chi connectivity index (χ2n) is 6.05. The molecule has 1 aliphatic heterocycles. The van der Waals surface area contributed by atoms with Gasteiger partial charge in [-0.15, -0.1) is 0 Å². The van der Waals surface area contributed by atoms with E-state index in [1.165, 1.54) is 0 Å². The number of rotatable bonds is 5.